The van der Waals surface area contributed by atoms with Crippen LogP contribution in [0.5, 0.6) is 0 Å². The summed E-state index contributed by atoms with van der Waals surface area (Å²) >= 11 is 0. The Balaban J connectivity index is 1.36. The van der Waals surface area contributed by atoms with Crippen molar-refractivity contribution >= 4 is 17.9 Å². The van der Waals surface area contributed by atoms with E-state index in [4.69, 9.17) is 4.74 Å². The van der Waals surface area contributed by atoms with E-state index >= 15 is 0 Å². The smallest absolute Gasteiger partial charge is 0.407 e. The Hall–Kier alpha value is -5.02. The van der Waals surface area contributed by atoms with Gasteiger partial charge < -0.3 is 15.4 Å². The molecule has 3 amide bonds. The topological polar surface area (TPSA) is 113 Å². The number of pyridine rings is 1. The molecule has 3 atom stereocenters. The van der Waals surface area contributed by atoms with Crippen molar-refractivity contribution in [3.63, 3.8) is 0 Å². The second-order valence-electron chi connectivity index (χ2n) is 13.7. The molecule has 0 saturated carbocycles. The number of nitrogens with one attached hydrogen (secondary N) is 3. The Labute approximate surface area is 289 Å². The van der Waals surface area contributed by atoms with Crippen LogP contribution in [0.3, 0.4) is 0 Å². The number of aromatic nitrogens is 1. The summed E-state index contributed by atoms with van der Waals surface area (Å²) in [4.78, 5) is 44.4. The summed E-state index contributed by atoms with van der Waals surface area (Å²) in [6, 6.07) is 31.3. The van der Waals surface area contributed by atoms with Crippen LogP contribution in [0.2, 0.25) is 0 Å². The number of alkyl carbamates (subject to hydrolysis) is 1. The highest BCUT2D eigenvalue weighted by Gasteiger charge is 2.34. The van der Waals surface area contributed by atoms with Crippen molar-refractivity contribution in [1.82, 2.24) is 26.1 Å². The van der Waals surface area contributed by atoms with E-state index in [2.05, 4.69) is 33.2 Å². The number of ether oxygens (including phenoxy) is 1. The van der Waals surface area contributed by atoms with Crippen LogP contribution in [0.25, 0.3) is 11.3 Å². The monoisotopic (exact) mass is 661 g/mol. The highest BCUT2D eigenvalue weighted by molar-refractivity contribution is 5.86. The van der Waals surface area contributed by atoms with Gasteiger partial charge in [-0.05, 0) is 65.5 Å². The van der Waals surface area contributed by atoms with E-state index < -0.39 is 17.6 Å². The number of carbonyl (C=O) groups excluding carboxylic acids is 3. The summed E-state index contributed by atoms with van der Waals surface area (Å²) in [5.74, 6) is -0.709. The molecule has 49 heavy (non-hydrogen) atoms. The summed E-state index contributed by atoms with van der Waals surface area (Å²) in [7, 11) is 1.27. The van der Waals surface area contributed by atoms with Crippen LogP contribution in [0.1, 0.15) is 61.9 Å². The maximum Gasteiger partial charge on any atom is 0.407 e. The van der Waals surface area contributed by atoms with Crippen LogP contribution in [-0.2, 0) is 33.7 Å². The summed E-state index contributed by atoms with van der Waals surface area (Å²) in [5, 5.41) is 7.88. The maximum absolute atomic E-state index is 14.0. The molecule has 4 aromatic rings. The van der Waals surface area contributed by atoms with E-state index in [0.29, 0.717) is 25.9 Å². The fraction of sp³-hybridized carbons (Fsp3) is 0.350. The molecule has 3 aromatic carbocycles. The third-order valence-electron chi connectivity index (χ3n) is 9.02. The van der Waals surface area contributed by atoms with Crippen molar-refractivity contribution in [2.24, 2.45) is 11.3 Å². The number of hydrogen-bond donors (Lipinski definition) is 3. The summed E-state index contributed by atoms with van der Waals surface area (Å²) < 4.78 is 4.82. The molecule has 0 saturated heterocycles. The number of rotatable bonds is 13. The summed E-state index contributed by atoms with van der Waals surface area (Å²) in [5.41, 5.74) is 8.85. The van der Waals surface area contributed by atoms with E-state index in [1.165, 1.54) is 18.2 Å². The van der Waals surface area contributed by atoms with Crippen molar-refractivity contribution in [2.45, 2.75) is 65.1 Å². The van der Waals surface area contributed by atoms with Gasteiger partial charge in [0, 0.05) is 30.8 Å². The lowest BCUT2D eigenvalue weighted by molar-refractivity contribution is -0.131. The third kappa shape index (κ3) is 9.76. The second kappa shape index (κ2) is 16.4. The number of hydrazine groups is 1. The Morgan fingerprint density at radius 3 is 2.29 bits per heavy atom. The first-order valence-corrected chi connectivity index (χ1v) is 16.9. The molecule has 0 aliphatic heterocycles. The van der Waals surface area contributed by atoms with Crippen molar-refractivity contribution in [3.8, 4) is 11.3 Å². The highest BCUT2D eigenvalue weighted by atomic mass is 16.5. The van der Waals surface area contributed by atoms with Gasteiger partial charge in [-0.2, -0.15) is 0 Å². The van der Waals surface area contributed by atoms with Crippen molar-refractivity contribution in [2.75, 3.05) is 13.7 Å². The minimum absolute atomic E-state index is 0.00327. The molecule has 2 unspecified atom stereocenters. The first kappa shape index (κ1) is 35.3. The molecular weight excluding hydrogens is 614 g/mol. The van der Waals surface area contributed by atoms with Gasteiger partial charge in [0.05, 0.1) is 18.8 Å². The van der Waals surface area contributed by atoms with Crippen LogP contribution in [0.4, 0.5) is 4.79 Å². The van der Waals surface area contributed by atoms with Gasteiger partial charge in [-0.15, -0.1) is 0 Å². The van der Waals surface area contributed by atoms with E-state index in [1.807, 2.05) is 111 Å². The Morgan fingerprint density at radius 2 is 1.59 bits per heavy atom. The predicted octanol–water partition coefficient (Wildman–Crippen LogP) is 6.41. The largest absolute Gasteiger partial charge is 0.453 e. The zero-order valence-electron chi connectivity index (χ0n) is 28.8. The Bertz CT molecular complexity index is 1690. The molecule has 1 aromatic heterocycles. The molecule has 1 aliphatic rings. The molecule has 5 rings (SSSR count). The highest BCUT2D eigenvalue weighted by Crippen LogP contribution is 2.31. The quantitative estimate of drug-likeness (QED) is 0.143. The first-order chi connectivity index (χ1) is 23.6. The molecule has 0 radical (unpaired) electrons. The Morgan fingerprint density at radius 1 is 0.878 bits per heavy atom. The standard InChI is InChI=1S/C40H47N5O4/c1-40(2,3)36(43-39(48)49-4)38(47)44-45(27-29-17-19-31(20-18-29)34-16-10-11-24-41-34)25-23-32(26-28-12-6-5-7-13-28)37(46)42-35-22-21-30-14-8-9-15-33(30)35/h5-20,24,32,35-36H,21-23,25-27H2,1-4H3,(H,42,46)(H,43,48)(H,44,47)/t32?,35-,36?/m1/s1. The van der Waals surface area contributed by atoms with Crippen molar-refractivity contribution < 1.29 is 19.1 Å². The molecule has 256 valence electrons. The lowest BCUT2D eigenvalue weighted by Crippen LogP contribution is -2.57. The minimum atomic E-state index is -0.861. The maximum atomic E-state index is 14.0. The normalized spacial score (nSPS) is 15.2. The summed E-state index contributed by atoms with van der Waals surface area (Å²) in [6.45, 7) is 6.44. The van der Waals surface area contributed by atoms with Gasteiger partial charge in [0.2, 0.25) is 5.91 Å². The van der Waals surface area contributed by atoms with Crippen LogP contribution < -0.4 is 16.1 Å². The predicted molar refractivity (Wildman–Crippen MR) is 191 cm³/mol. The molecular formula is C40H47N5O4. The Kier molecular flexibility index (Phi) is 11.8. The fourth-order valence-corrected chi connectivity index (χ4v) is 6.31. The number of fused-ring (bicyclic) bond motifs is 1. The van der Waals surface area contributed by atoms with Crippen LogP contribution in [0, 0.1) is 11.3 Å². The van der Waals surface area contributed by atoms with Gasteiger partial charge >= 0.3 is 6.09 Å². The first-order valence-electron chi connectivity index (χ1n) is 16.9. The van der Waals surface area contributed by atoms with E-state index in [9.17, 15) is 14.4 Å². The van der Waals surface area contributed by atoms with Gasteiger partial charge in [-0.1, -0.05) is 106 Å². The van der Waals surface area contributed by atoms with Gasteiger partial charge in [0.1, 0.15) is 6.04 Å². The molecule has 3 N–H and O–H groups in total. The van der Waals surface area contributed by atoms with Crippen molar-refractivity contribution in [1.29, 1.82) is 0 Å². The number of carbonyl (C=O) groups is 3. The summed E-state index contributed by atoms with van der Waals surface area (Å²) in [6.07, 6.45) is 3.96. The van der Waals surface area contributed by atoms with Gasteiger partial charge in [-0.3, -0.25) is 20.0 Å². The van der Waals surface area contributed by atoms with E-state index in [0.717, 1.165) is 35.2 Å². The average molecular weight is 662 g/mol. The van der Waals surface area contributed by atoms with Crippen LogP contribution in [0.15, 0.2) is 103 Å². The average Bonchev–Trinajstić information content (AvgIpc) is 3.51. The van der Waals surface area contributed by atoms with Crippen LogP contribution >= 0.6 is 0 Å². The lowest BCUT2D eigenvalue weighted by atomic mass is 9.86. The number of hydrogen-bond acceptors (Lipinski definition) is 6. The van der Waals surface area contributed by atoms with E-state index in [1.54, 1.807) is 6.20 Å². The van der Waals surface area contributed by atoms with Gasteiger partial charge in [0.25, 0.3) is 5.91 Å². The zero-order chi connectivity index (χ0) is 34.8. The lowest BCUT2D eigenvalue weighted by Gasteiger charge is -2.33. The fourth-order valence-electron chi connectivity index (χ4n) is 6.31. The molecule has 9 nitrogen and oxygen atoms in total. The van der Waals surface area contributed by atoms with Crippen LogP contribution in [-0.4, -0.2) is 47.6 Å². The second-order valence-corrected chi connectivity index (χ2v) is 13.7. The van der Waals surface area contributed by atoms with Gasteiger partial charge in [-0.25, -0.2) is 9.80 Å². The number of nitrogens with zero attached hydrogens (tertiary/aromatic N) is 2. The zero-order valence-corrected chi connectivity index (χ0v) is 28.8. The molecule has 0 spiro atoms. The number of aryl methyl sites for hydroxylation is 1. The van der Waals surface area contributed by atoms with Gasteiger partial charge in [0.15, 0.2) is 0 Å². The molecule has 1 heterocycles. The number of amides is 3. The van der Waals surface area contributed by atoms with Crippen molar-refractivity contribution in [3.05, 3.63) is 126 Å². The minimum Gasteiger partial charge on any atom is -0.453 e. The molecule has 0 fully saturated rings. The van der Waals surface area contributed by atoms with E-state index in [-0.39, 0.29) is 23.8 Å². The number of benzene rings is 3. The molecule has 1 aliphatic carbocycles. The molecule has 0 bridgehead atoms. The molecule has 9 heteroatoms. The number of methoxy groups -OCH3 is 1. The third-order valence-corrected chi connectivity index (χ3v) is 9.02. The SMILES string of the molecule is COC(=O)NC(C(=O)NN(CCC(Cc1ccccc1)C(=O)N[C@@H]1CCc2ccccc21)Cc1ccc(-c2ccccn2)cc1)C(C)(C)C.